The van der Waals surface area contributed by atoms with Crippen LogP contribution in [0.3, 0.4) is 0 Å². The van der Waals surface area contributed by atoms with Crippen LogP contribution in [0.4, 0.5) is 11.8 Å². The van der Waals surface area contributed by atoms with Crippen LogP contribution in [0.2, 0.25) is 0 Å². The summed E-state index contributed by atoms with van der Waals surface area (Å²) >= 11 is 0. The van der Waals surface area contributed by atoms with Crippen molar-refractivity contribution >= 4 is 11.8 Å². The van der Waals surface area contributed by atoms with E-state index in [1.54, 1.807) is 13.2 Å². The van der Waals surface area contributed by atoms with E-state index in [0.717, 1.165) is 12.0 Å². The van der Waals surface area contributed by atoms with Gasteiger partial charge < -0.3 is 25.2 Å². The molecule has 1 aliphatic carbocycles. The average Bonchev–Trinajstić information content (AvgIpc) is 2.76. The van der Waals surface area contributed by atoms with E-state index in [0.29, 0.717) is 49.3 Å². The van der Waals surface area contributed by atoms with Crippen molar-refractivity contribution < 1.29 is 14.6 Å². The van der Waals surface area contributed by atoms with Gasteiger partial charge in [0, 0.05) is 25.1 Å². The van der Waals surface area contributed by atoms with Crippen molar-refractivity contribution in [1.82, 2.24) is 9.97 Å². The predicted molar refractivity (Wildman–Crippen MR) is 120 cm³/mol. The van der Waals surface area contributed by atoms with Gasteiger partial charge in [-0.15, -0.1) is 6.42 Å². The molecule has 31 heavy (non-hydrogen) atoms. The fourth-order valence-electron chi connectivity index (χ4n) is 3.02. The number of ether oxygens (including phenoxy) is 2. The van der Waals surface area contributed by atoms with Gasteiger partial charge in [0.1, 0.15) is 24.1 Å². The van der Waals surface area contributed by atoms with Crippen molar-refractivity contribution in [3.8, 4) is 18.4 Å². The number of hydrogen-bond donors (Lipinski definition) is 3. The highest BCUT2D eigenvalue weighted by Crippen LogP contribution is 2.42. The van der Waals surface area contributed by atoms with Crippen LogP contribution in [0, 0.1) is 29.1 Å². The Kier molecular flexibility index (Phi) is 8.87. The van der Waals surface area contributed by atoms with Crippen molar-refractivity contribution in [2.45, 2.75) is 45.8 Å². The van der Waals surface area contributed by atoms with E-state index >= 15 is 0 Å². The molecule has 0 aromatic carbocycles. The lowest BCUT2D eigenvalue weighted by molar-refractivity contribution is -0.0511. The summed E-state index contributed by atoms with van der Waals surface area (Å²) in [5.41, 5.74) is 1.21. The molecule has 1 heterocycles. The minimum atomic E-state index is -0.362. The van der Waals surface area contributed by atoms with Gasteiger partial charge in [-0.05, 0) is 31.8 Å². The largest absolute Gasteiger partial charge is 0.483 e. The lowest BCUT2D eigenvalue weighted by Gasteiger charge is -2.49. The van der Waals surface area contributed by atoms with E-state index in [2.05, 4.69) is 32.6 Å². The lowest BCUT2D eigenvalue weighted by atomic mass is 9.64. The molecule has 2 rings (SSSR count). The Labute approximate surface area is 184 Å². The van der Waals surface area contributed by atoms with Crippen molar-refractivity contribution in [3.63, 3.8) is 0 Å². The van der Waals surface area contributed by atoms with E-state index in [1.165, 1.54) is 6.20 Å². The van der Waals surface area contributed by atoms with Gasteiger partial charge in [-0.3, -0.25) is 0 Å². The highest BCUT2D eigenvalue weighted by molar-refractivity contribution is 5.54. The van der Waals surface area contributed by atoms with Crippen LogP contribution in [-0.2, 0) is 9.47 Å². The number of rotatable bonds is 11. The maximum Gasteiger partial charge on any atom is 0.224 e. The van der Waals surface area contributed by atoms with Gasteiger partial charge >= 0.3 is 0 Å². The summed E-state index contributed by atoms with van der Waals surface area (Å²) in [7, 11) is 1.61. The number of allylic oxidation sites excluding steroid dienone is 3. The molecule has 1 aromatic heterocycles. The smallest absolute Gasteiger partial charge is 0.224 e. The third-order valence-corrected chi connectivity index (χ3v) is 5.45. The Morgan fingerprint density at radius 3 is 2.81 bits per heavy atom. The molecular weight excluding hydrogens is 394 g/mol. The fourth-order valence-corrected chi connectivity index (χ4v) is 3.02. The standard InChI is InChI=1S/C23H31N5O3/c1-6-18(31-12-11-30-5)8-7-16(2)9-10-25-22-26-15-17(14-24)21(28-22)27-19-13-20(29)23(19,3)4/h1,7-8,15,19-20,29H,9-13H2,2-5H3,(H2,25,26,27,28)/b16-7+,18-8+/t19-,20+/m1/s1. The van der Waals surface area contributed by atoms with E-state index in [9.17, 15) is 10.4 Å². The molecule has 0 aliphatic heterocycles. The van der Waals surface area contributed by atoms with Crippen LogP contribution in [0.5, 0.6) is 0 Å². The maximum absolute atomic E-state index is 9.94. The molecule has 8 nitrogen and oxygen atoms in total. The molecule has 0 bridgehead atoms. The monoisotopic (exact) mass is 425 g/mol. The molecule has 1 saturated carbocycles. The van der Waals surface area contributed by atoms with Gasteiger partial charge in [0.15, 0.2) is 5.76 Å². The van der Waals surface area contributed by atoms with Gasteiger partial charge in [0.25, 0.3) is 0 Å². The fraction of sp³-hybridized carbons (Fsp3) is 0.522. The van der Waals surface area contributed by atoms with Gasteiger partial charge in [-0.25, -0.2) is 4.98 Å². The highest BCUT2D eigenvalue weighted by atomic mass is 16.5. The summed E-state index contributed by atoms with van der Waals surface area (Å²) in [6.07, 6.45) is 11.6. The molecule has 166 valence electrons. The second kappa shape index (κ2) is 11.4. The van der Waals surface area contributed by atoms with Crippen LogP contribution in [0.15, 0.2) is 29.7 Å². The Morgan fingerprint density at radius 2 is 2.19 bits per heavy atom. The molecule has 0 saturated heterocycles. The maximum atomic E-state index is 9.94. The van der Waals surface area contributed by atoms with Gasteiger partial charge in [0.2, 0.25) is 5.95 Å². The molecule has 1 aromatic rings. The topological polar surface area (TPSA) is 112 Å². The SMILES string of the molecule is C#C/C(=C\C=C(/C)CCNc1ncc(C#N)c(N[C@@H]2C[C@H](O)C2(C)C)n1)OCCOC. The van der Waals surface area contributed by atoms with Gasteiger partial charge in [-0.2, -0.15) is 10.2 Å². The normalized spacial score (nSPS) is 20.2. The minimum Gasteiger partial charge on any atom is -0.483 e. The quantitative estimate of drug-likeness (QED) is 0.215. The van der Waals surface area contributed by atoms with Crippen LogP contribution in [0.25, 0.3) is 0 Å². The number of methoxy groups -OCH3 is 1. The lowest BCUT2D eigenvalue weighted by Crippen LogP contribution is -2.57. The number of nitrogens with one attached hydrogen (secondary N) is 2. The Morgan fingerprint density at radius 1 is 1.42 bits per heavy atom. The number of nitriles is 1. The van der Waals surface area contributed by atoms with Crippen LogP contribution in [-0.4, -0.2) is 54.1 Å². The predicted octanol–water partition coefficient (Wildman–Crippen LogP) is 2.85. The summed E-state index contributed by atoms with van der Waals surface area (Å²) in [4.78, 5) is 8.67. The zero-order valence-electron chi connectivity index (χ0n) is 18.6. The second-order valence-corrected chi connectivity index (χ2v) is 8.04. The average molecular weight is 426 g/mol. The molecule has 2 atom stereocenters. The molecule has 3 N–H and O–H groups in total. The first kappa shape index (κ1) is 24.2. The molecule has 0 radical (unpaired) electrons. The third-order valence-electron chi connectivity index (χ3n) is 5.45. The highest BCUT2D eigenvalue weighted by Gasteiger charge is 2.47. The Bertz CT molecular complexity index is 895. The third kappa shape index (κ3) is 6.71. The number of aliphatic hydroxyl groups is 1. The van der Waals surface area contributed by atoms with E-state index < -0.39 is 0 Å². The molecule has 1 aliphatic rings. The first-order valence-corrected chi connectivity index (χ1v) is 10.2. The zero-order valence-corrected chi connectivity index (χ0v) is 18.6. The van der Waals surface area contributed by atoms with Gasteiger partial charge in [-0.1, -0.05) is 25.5 Å². The first-order valence-electron chi connectivity index (χ1n) is 10.2. The summed E-state index contributed by atoms with van der Waals surface area (Å²) < 4.78 is 10.4. The van der Waals surface area contributed by atoms with E-state index in [4.69, 9.17) is 15.9 Å². The second-order valence-electron chi connectivity index (χ2n) is 8.04. The van der Waals surface area contributed by atoms with Crippen LogP contribution < -0.4 is 10.6 Å². The van der Waals surface area contributed by atoms with Crippen LogP contribution in [0.1, 0.15) is 39.2 Å². The van der Waals surface area contributed by atoms with Crippen molar-refractivity contribution in [2.75, 3.05) is 37.5 Å². The number of terminal acetylenes is 1. The minimum absolute atomic E-state index is 0.0470. The van der Waals surface area contributed by atoms with E-state index in [-0.39, 0.29) is 17.6 Å². The number of anilines is 2. The van der Waals surface area contributed by atoms with Crippen molar-refractivity contribution in [1.29, 1.82) is 5.26 Å². The van der Waals surface area contributed by atoms with E-state index in [1.807, 2.05) is 26.8 Å². The number of nitrogens with zero attached hydrogens (tertiary/aromatic N) is 3. The molecular formula is C23H31N5O3. The van der Waals surface area contributed by atoms with Gasteiger partial charge in [0.05, 0.1) is 18.9 Å². The summed E-state index contributed by atoms with van der Waals surface area (Å²) in [5.74, 6) is 3.88. The summed E-state index contributed by atoms with van der Waals surface area (Å²) in [5, 5.41) is 25.8. The molecule has 0 unspecified atom stereocenters. The number of aromatic nitrogens is 2. The van der Waals surface area contributed by atoms with Crippen molar-refractivity contribution in [3.05, 3.63) is 35.2 Å². The molecule has 1 fully saturated rings. The number of hydrogen-bond acceptors (Lipinski definition) is 8. The molecule has 8 heteroatoms. The zero-order chi connectivity index (χ0) is 22.9. The summed E-state index contributed by atoms with van der Waals surface area (Å²) in [6, 6.07) is 2.16. The number of aliphatic hydroxyl groups excluding tert-OH is 1. The van der Waals surface area contributed by atoms with Crippen LogP contribution >= 0.6 is 0 Å². The Hall–Kier alpha value is -3.07. The van der Waals surface area contributed by atoms with Crippen molar-refractivity contribution in [2.24, 2.45) is 5.41 Å². The Balaban J connectivity index is 1.92. The molecule has 0 spiro atoms. The molecule has 0 amide bonds. The first-order chi connectivity index (χ1) is 14.8. The summed E-state index contributed by atoms with van der Waals surface area (Å²) in [6.45, 7) is 7.48.